The van der Waals surface area contributed by atoms with Gasteiger partial charge in [0.05, 0.1) is 11.8 Å². The van der Waals surface area contributed by atoms with E-state index < -0.39 is 0 Å². The third kappa shape index (κ3) is 6.01. The van der Waals surface area contributed by atoms with E-state index in [1.54, 1.807) is 29.2 Å². The molecule has 2 aliphatic heterocycles. The van der Waals surface area contributed by atoms with Crippen LogP contribution in [0, 0.1) is 18.8 Å². The van der Waals surface area contributed by atoms with E-state index >= 15 is 0 Å². The molecule has 9 nitrogen and oxygen atoms in total. The lowest BCUT2D eigenvalue weighted by Crippen LogP contribution is -2.30. The molecule has 5 aromatic rings. The minimum absolute atomic E-state index is 0.221. The van der Waals surface area contributed by atoms with Crippen LogP contribution in [0.15, 0.2) is 95.1 Å². The number of likely N-dealkylation sites (tertiary alicyclic amines) is 1. The summed E-state index contributed by atoms with van der Waals surface area (Å²) in [6, 6.07) is 22.0. The van der Waals surface area contributed by atoms with Gasteiger partial charge in [0.1, 0.15) is 12.2 Å². The number of likely N-dealkylation sites (N-methyl/N-ethyl adjacent to an activating group) is 1. The van der Waals surface area contributed by atoms with Gasteiger partial charge in [-0.3, -0.25) is 14.3 Å². The summed E-state index contributed by atoms with van der Waals surface area (Å²) in [5.41, 5.74) is 6.67. The van der Waals surface area contributed by atoms with Gasteiger partial charge in [-0.25, -0.2) is 9.98 Å². The zero-order valence-electron chi connectivity index (χ0n) is 25.3. The highest BCUT2D eigenvalue weighted by molar-refractivity contribution is 6.29. The van der Waals surface area contributed by atoms with Crippen LogP contribution in [0.25, 0.3) is 11.0 Å². The van der Waals surface area contributed by atoms with Crippen molar-refractivity contribution in [2.75, 3.05) is 32.1 Å². The molecule has 5 heterocycles. The second-order valence-corrected chi connectivity index (χ2v) is 11.6. The number of fused-ring (bicyclic) bond motifs is 1. The standard InChI is InChI=1S/C36H32N8O/c1-25-5-3-4-6-26(25)7-8-28-19-30-20-39-36(40-31-11-9-27(10-12-31)29-15-18-42(2)22-29)41-34(30)43(35(28)45)23-33-21-38-24-44(33)32-13-16-37-17-14-32/h3-6,9-14,16-17,19-21,29H,15,18,22-24H2,1-2H3/p+1. The number of aliphatic imine (C=N–C) groups is 1. The van der Waals surface area contributed by atoms with Gasteiger partial charge in [0.15, 0.2) is 0 Å². The Morgan fingerprint density at radius 3 is 2.60 bits per heavy atom. The number of anilines is 2. The monoisotopic (exact) mass is 593 g/mol. The minimum Gasteiger partial charge on any atom is -0.324 e. The van der Waals surface area contributed by atoms with Gasteiger partial charge in [-0.2, -0.15) is 9.56 Å². The number of benzene rings is 2. The molecule has 45 heavy (non-hydrogen) atoms. The average molecular weight is 594 g/mol. The maximum Gasteiger partial charge on any atom is 0.268 e. The van der Waals surface area contributed by atoms with E-state index in [1.807, 2.05) is 49.5 Å². The number of pyridine rings is 2. The number of hydrogen-bond acceptors (Lipinski definition) is 7. The fourth-order valence-electron chi connectivity index (χ4n) is 5.93. The van der Waals surface area contributed by atoms with Crippen LogP contribution in [0.2, 0.25) is 0 Å². The number of nitrogens with zero attached hydrogens (tertiary/aromatic N) is 7. The number of rotatable bonds is 6. The van der Waals surface area contributed by atoms with Crippen molar-refractivity contribution in [1.29, 1.82) is 0 Å². The average Bonchev–Trinajstić information content (AvgIpc) is 3.72. The van der Waals surface area contributed by atoms with Crippen molar-refractivity contribution in [3.63, 3.8) is 0 Å². The molecule has 3 aromatic heterocycles. The summed E-state index contributed by atoms with van der Waals surface area (Å²) in [6.07, 6.45) is 8.23. The Morgan fingerprint density at radius 2 is 1.82 bits per heavy atom. The van der Waals surface area contributed by atoms with Crippen LogP contribution in [-0.2, 0) is 6.54 Å². The van der Waals surface area contributed by atoms with Crippen molar-refractivity contribution in [3.8, 4) is 11.8 Å². The molecule has 1 atom stereocenters. The molecular weight excluding hydrogens is 560 g/mol. The molecule has 0 saturated carbocycles. The first-order chi connectivity index (χ1) is 22.0. The highest BCUT2D eigenvalue weighted by atomic mass is 16.1. The number of nitrogens with one attached hydrogen (secondary N) is 1. The summed E-state index contributed by atoms with van der Waals surface area (Å²) in [6.45, 7) is 4.95. The van der Waals surface area contributed by atoms with Crippen LogP contribution < -0.4 is 10.9 Å². The second-order valence-electron chi connectivity index (χ2n) is 11.6. The summed E-state index contributed by atoms with van der Waals surface area (Å²) in [4.78, 5) is 34.5. The smallest absolute Gasteiger partial charge is 0.268 e. The SMILES string of the molecule is Cc1ccccc1C#Cc1cc2cnc(Nc3ccc(C4CCN(C)C4)cc3)nc2n(CC2=[N+](c3ccncc3)CN=C2)c1=O. The molecule has 0 bridgehead atoms. The van der Waals surface area contributed by atoms with E-state index in [2.05, 4.69) is 72.9 Å². The molecule has 1 fully saturated rings. The van der Waals surface area contributed by atoms with Gasteiger partial charge < -0.3 is 10.2 Å². The Bertz CT molecular complexity index is 2070. The van der Waals surface area contributed by atoms with Crippen molar-refractivity contribution < 1.29 is 4.58 Å². The molecule has 0 amide bonds. The molecule has 1 unspecified atom stereocenters. The van der Waals surface area contributed by atoms with E-state index in [1.165, 1.54) is 12.0 Å². The van der Waals surface area contributed by atoms with Crippen LogP contribution in [0.5, 0.6) is 0 Å². The first-order valence-electron chi connectivity index (χ1n) is 15.1. The van der Waals surface area contributed by atoms with E-state index in [0.717, 1.165) is 46.7 Å². The normalized spacial score (nSPS) is 16.3. The summed E-state index contributed by atoms with van der Waals surface area (Å²) in [5.74, 6) is 7.30. The number of aryl methyl sites for hydroxylation is 1. The van der Waals surface area contributed by atoms with E-state index in [4.69, 9.17) is 4.98 Å². The van der Waals surface area contributed by atoms with Crippen LogP contribution in [-0.4, -0.2) is 67.7 Å². The predicted molar refractivity (Wildman–Crippen MR) is 178 cm³/mol. The zero-order valence-corrected chi connectivity index (χ0v) is 25.3. The van der Waals surface area contributed by atoms with Crippen molar-refractivity contribution in [2.45, 2.75) is 25.8 Å². The first kappa shape index (κ1) is 28.3. The topological polar surface area (TPSA) is 91.3 Å². The molecule has 0 radical (unpaired) electrons. The van der Waals surface area contributed by atoms with E-state index in [-0.39, 0.29) is 12.1 Å². The van der Waals surface area contributed by atoms with Gasteiger partial charge in [0, 0.05) is 53.9 Å². The third-order valence-corrected chi connectivity index (χ3v) is 8.44. The first-order valence-corrected chi connectivity index (χ1v) is 15.1. The molecule has 222 valence electrons. The van der Waals surface area contributed by atoms with Crippen LogP contribution in [0.1, 0.15) is 34.6 Å². The fourth-order valence-corrected chi connectivity index (χ4v) is 5.93. The molecule has 2 aromatic carbocycles. The Balaban J connectivity index is 1.27. The summed E-state index contributed by atoms with van der Waals surface area (Å²) in [5, 5.41) is 4.06. The summed E-state index contributed by atoms with van der Waals surface area (Å²) >= 11 is 0. The van der Waals surface area contributed by atoms with Crippen molar-refractivity contribution in [2.24, 2.45) is 4.99 Å². The molecule has 2 aliphatic rings. The maximum absolute atomic E-state index is 14.1. The lowest BCUT2D eigenvalue weighted by atomic mass is 9.98. The van der Waals surface area contributed by atoms with Crippen molar-refractivity contribution >= 4 is 40.3 Å². The van der Waals surface area contributed by atoms with Crippen LogP contribution >= 0.6 is 0 Å². The predicted octanol–water partition coefficient (Wildman–Crippen LogP) is 4.88. The van der Waals surface area contributed by atoms with E-state index in [0.29, 0.717) is 29.7 Å². The molecule has 0 aliphatic carbocycles. The van der Waals surface area contributed by atoms with Gasteiger partial charge in [-0.1, -0.05) is 42.2 Å². The molecule has 9 heteroatoms. The quantitative estimate of drug-likeness (QED) is 0.223. The van der Waals surface area contributed by atoms with Gasteiger partial charge in [-0.05, 0) is 68.2 Å². The lowest BCUT2D eigenvalue weighted by molar-refractivity contribution is -0.433. The van der Waals surface area contributed by atoms with Gasteiger partial charge in [-0.15, -0.1) is 0 Å². The molecule has 1 N–H and O–H groups in total. The Hall–Kier alpha value is -5.46. The second kappa shape index (κ2) is 12.3. The Morgan fingerprint density at radius 1 is 1.02 bits per heavy atom. The van der Waals surface area contributed by atoms with Crippen LogP contribution in [0.3, 0.4) is 0 Å². The number of aromatic nitrogens is 4. The Kier molecular flexibility index (Phi) is 7.72. The minimum atomic E-state index is -0.221. The molecule has 7 rings (SSSR count). The summed E-state index contributed by atoms with van der Waals surface area (Å²) < 4.78 is 3.74. The third-order valence-electron chi connectivity index (χ3n) is 8.44. The van der Waals surface area contributed by atoms with Crippen molar-refractivity contribution in [3.05, 3.63) is 118 Å². The van der Waals surface area contributed by atoms with Gasteiger partial charge in [0.25, 0.3) is 5.56 Å². The maximum atomic E-state index is 14.1. The van der Waals surface area contributed by atoms with E-state index in [9.17, 15) is 4.79 Å². The largest absolute Gasteiger partial charge is 0.324 e. The molecular formula is C36H33N8O+. The van der Waals surface area contributed by atoms with Crippen LogP contribution in [0.4, 0.5) is 17.3 Å². The highest BCUT2D eigenvalue weighted by Gasteiger charge is 2.24. The molecule has 0 spiro atoms. The van der Waals surface area contributed by atoms with Gasteiger partial charge in [0.2, 0.25) is 24.0 Å². The highest BCUT2D eigenvalue weighted by Crippen LogP contribution is 2.28. The zero-order chi connectivity index (χ0) is 30.8. The summed E-state index contributed by atoms with van der Waals surface area (Å²) in [7, 11) is 2.17. The molecule has 1 saturated heterocycles. The number of hydrogen-bond donors (Lipinski definition) is 1. The Labute approximate surface area is 261 Å². The van der Waals surface area contributed by atoms with Gasteiger partial charge >= 0.3 is 0 Å². The van der Waals surface area contributed by atoms with Crippen molar-refractivity contribution in [1.82, 2.24) is 24.4 Å². The lowest BCUT2D eigenvalue weighted by Gasteiger charge is -2.13. The fraction of sp³-hybridized carbons (Fsp3) is 0.222.